The summed E-state index contributed by atoms with van der Waals surface area (Å²) in [7, 11) is 0. The van der Waals surface area contributed by atoms with Crippen LogP contribution >= 0.6 is 31.9 Å². The number of benzene rings is 3. The Kier molecular flexibility index (Phi) is 6.92. The molecule has 1 aliphatic rings. The molecule has 1 aliphatic heterocycles. The quantitative estimate of drug-likeness (QED) is 0.304. The van der Waals surface area contributed by atoms with Crippen molar-refractivity contribution >= 4 is 49.9 Å². The number of ether oxygens (including phenoxy) is 1. The summed E-state index contributed by atoms with van der Waals surface area (Å²) in [6, 6.07) is 21.9. The van der Waals surface area contributed by atoms with Crippen LogP contribution in [0.25, 0.3) is 6.08 Å². The molecule has 1 N–H and O–H groups in total. The number of imide groups is 1. The van der Waals surface area contributed by atoms with E-state index in [-0.39, 0.29) is 24.8 Å². The molecule has 0 bridgehead atoms. The number of halogens is 2. The Bertz CT molecular complexity index is 1280. The summed E-state index contributed by atoms with van der Waals surface area (Å²) in [6.45, 7) is 0.428. The number of carbonyl (C=O) groups is 2. The number of rotatable bonds is 6. The van der Waals surface area contributed by atoms with Crippen LogP contribution in [0, 0.1) is 11.3 Å². The number of nitriles is 1. The van der Waals surface area contributed by atoms with Gasteiger partial charge in [0.1, 0.15) is 18.1 Å². The zero-order valence-corrected chi connectivity index (χ0v) is 20.4. The molecule has 1 heterocycles. The van der Waals surface area contributed by atoms with Gasteiger partial charge < -0.3 is 10.1 Å². The molecule has 0 aliphatic carbocycles. The molecule has 3 amide bonds. The van der Waals surface area contributed by atoms with Gasteiger partial charge in [0.25, 0.3) is 5.91 Å². The lowest BCUT2D eigenvalue weighted by molar-refractivity contribution is -0.123. The van der Waals surface area contributed by atoms with Gasteiger partial charge in [-0.1, -0.05) is 48.5 Å². The topological polar surface area (TPSA) is 82.4 Å². The van der Waals surface area contributed by atoms with Crippen molar-refractivity contribution in [2.75, 3.05) is 0 Å². The van der Waals surface area contributed by atoms with Crippen LogP contribution in [0.4, 0.5) is 4.79 Å². The van der Waals surface area contributed by atoms with Crippen molar-refractivity contribution in [1.82, 2.24) is 10.2 Å². The van der Waals surface area contributed by atoms with E-state index in [1.807, 2.05) is 42.5 Å². The minimum absolute atomic E-state index is 0.200. The molecule has 4 rings (SSSR count). The number of urea groups is 1. The van der Waals surface area contributed by atoms with Gasteiger partial charge in [-0.15, -0.1) is 0 Å². The molecule has 3 aromatic rings. The van der Waals surface area contributed by atoms with Gasteiger partial charge in [0, 0.05) is 5.56 Å². The maximum Gasteiger partial charge on any atom is 0.329 e. The summed E-state index contributed by atoms with van der Waals surface area (Å²) >= 11 is 7.02. The van der Waals surface area contributed by atoms with Crippen LogP contribution in [-0.4, -0.2) is 16.8 Å². The second-order valence-corrected chi connectivity index (χ2v) is 8.95. The third-order valence-corrected chi connectivity index (χ3v) is 6.17. The smallest absolute Gasteiger partial charge is 0.329 e. The number of hydrogen-bond donors (Lipinski definition) is 1. The van der Waals surface area contributed by atoms with E-state index in [0.717, 1.165) is 11.1 Å². The van der Waals surface area contributed by atoms with Gasteiger partial charge in [-0.05, 0) is 67.3 Å². The predicted molar refractivity (Wildman–Crippen MR) is 131 cm³/mol. The Balaban J connectivity index is 1.51. The molecule has 1 saturated heterocycles. The summed E-state index contributed by atoms with van der Waals surface area (Å²) in [5.74, 6) is 0.182. The lowest BCUT2D eigenvalue weighted by Gasteiger charge is -2.12. The average Bonchev–Trinajstić information content (AvgIpc) is 3.06. The molecular weight excluding hydrogens is 550 g/mol. The van der Waals surface area contributed by atoms with Gasteiger partial charge in [-0.2, -0.15) is 5.26 Å². The molecule has 164 valence electrons. The van der Waals surface area contributed by atoms with Gasteiger partial charge in [0.2, 0.25) is 0 Å². The third kappa shape index (κ3) is 5.16. The van der Waals surface area contributed by atoms with Crippen LogP contribution in [-0.2, 0) is 17.9 Å². The molecule has 0 atom stereocenters. The number of carbonyl (C=O) groups excluding carboxylic acids is 2. The highest BCUT2D eigenvalue weighted by molar-refractivity contribution is 9.11. The third-order valence-electron chi connectivity index (χ3n) is 4.99. The molecular formula is C25H17Br2N3O3. The van der Waals surface area contributed by atoms with E-state index in [9.17, 15) is 14.9 Å². The molecule has 6 nitrogen and oxygen atoms in total. The summed E-state index contributed by atoms with van der Waals surface area (Å²) in [6.07, 6.45) is 1.62. The van der Waals surface area contributed by atoms with E-state index in [4.69, 9.17) is 4.74 Å². The maximum absolute atomic E-state index is 12.8. The van der Waals surface area contributed by atoms with Gasteiger partial charge >= 0.3 is 6.03 Å². The molecule has 0 unspecified atom stereocenters. The Morgan fingerprint density at radius 3 is 2.36 bits per heavy atom. The van der Waals surface area contributed by atoms with E-state index in [1.165, 1.54) is 4.90 Å². The first-order valence-electron chi connectivity index (χ1n) is 9.94. The van der Waals surface area contributed by atoms with E-state index in [2.05, 4.69) is 43.2 Å². The summed E-state index contributed by atoms with van der Waals surface area (Å²) in [4.78, 5) is 26.3. The van der Waals surface area contributed by atoms with Crippen LogP contribution in [0.15, 0.2) is 81.4 Å². The van der Waals surface area contributed by atoms with Gasteiger partial charge in [0.15, 0.2) is 0 Å². The van der Waals surface area contributed by atoms with Crippen molar-refractivity contribution in [3.8, 4) is 11.8 Å². The van der Waals surface area contributed by atoms with Gasteiger partial charge in [-0.3, -0.25) is 9.69 Å². The van der Waals surface area contributed by atoms with Crippen LogP contribution in [0.2, 0.25) is 0 Å². The van der Waals surface area contributed by atoms with E-state index in [0.29, 0.717) is 25.8 Å². The molecule has 0 spiro atoms. The maximum atomic E-state index is 12.8. The van der Waals surface area contributed by atoms with E-state index in [1.54, 1.807) is 30.3 Å². The number of nitrogens with one attached hydrogen (secondary N) is 1. The Hall–Kier alpha value is -3.41. The minimum atomic E-state index is -0.454. The Labute approximate surface area is 207 Å². The molecule has 33 heavy (non-hydrogen) atoms. The zero-order chi connectivity index (χ0) is 23.4. The number of nitrogens with zero attached hydrogens (tertiary/aromatic N) is 2. The Morgan fingerprint density at radius 2 is 1.67 bits per heavy atom. The highest BCUT2D eigenvalue weighted by atomic mass is 79.9. The predicted octanol–water partition coefficient (Wildman–Crippen LogP) is 5.76. The van der Waals surface area contributed by atoms with Gasteiger partial charge in [0.05, 0.1) is 27.1 Å². The van der Waals surface area contributed by atoms with Crippen molar-refractivity contribution in [2.24, 2.45) is 0 Å². The van der Waals surface area contributed by atoms with Crippen molar-refractivity contribution in [3.63, 3.8) is 0 Å². The Morgan fingerprint density at radius 1 is 1.00 bits per heavy atom. The van der Waals surface area contributed by atoms with E-state index >= 15 is 0 Å². The van der Waals surface area contributed by atoms with Crippen LogP contribution in [0.1, 0.15) is 22.3 Å². The monoisotopic (exact) mass is 565 g/mol. The van der Waals surface area contributed by atoms with Crippen molar-refractivity contribution < 1.29 is 14.3 Å². The van der Waals surface area contributed by atoms with Gasteiger partial charge in [-0.25, -0.2) is 4.79 Å². The van der Waals surface area contributed by atoms with Crippen LogP contribution in [0.5, 0.6) is 5.75 Å². The molecule has 0 aromatic heterocycles. The fourth-order valence-electron chi connectivity index (χ4n) is 3.35. The summed E-state index contributed by atoms with van der Waals surface area (Å²) in [5, 5.41) is 11.9. The first-order valence-corrected chi connectivity index (χ1v) is 11.5. The second-order valence-electron chi connectivity index (χ2n) is 7.24. The lowest BCUT2D eigenvalue weighted by Crippen LogP contribution is -2.30. The normalized spacial score (nSPS) is 14.3. The standard InChI is InChI=1S/C25H17Br2N3O3/c26-20-10-17(11-21(27)23(20)33-15-19-9-5-4-8-18(19)13-28)12-22-24(31)30(25(32)29-22)14-16-6-2-1-3-7-16/h1-12H,14-15H2,(H,29,32)/b22-12+. The molecule has 0 radical (unpaired) electrons. The zero-order valence-electron chi connectivity index (χ0n) is 17.2. The number of hydrogen-bond acceptors (Lipinski definition) is 4. The minimum Gasteiger partial charge on any atom is -0.486 e. The first kappa shape index (κ1) is 22.8. The molecule has 1 fully saturated rings. The SMILES string of the molecule is N#Cc1ccccc1COc1c(Br)cc(/C=C2/NC(=O)N(Cc3ccccc3)C2=O)cc1Br. The molecule has 3 aromatic carbocycles. The van der Waals surface area contributed by atoms with Crippen molar-refractivity contribution in [3.05, 3.63) is 104 Å². The molecule has 8 heteroatoms. The molecule has 0 saturated carbocycles. The fourth-order valence-corrected chi connectivity index (χ4v) is 4.80. The average molecular weight is 567 g/mol. The summed E-state index contributed by atoms with van der Waals surface area (Å²) < 4.78 is 7.26. The van der Waals surface area contributed by atoms with Crippen LogP contribution in [0.3, 0.4) is 0 Å². The lowest BCUT2D eigenvalue weighted by atomic mass is 10.1. The van der Waals surface area contributed by atoms with Crippen molar-refractivity contribution in [1.29, 1.82) is 5.26 Å². The first-order chi connectivity index (χ1) is 16.0. The van der Waals surface area contributed by atoms with Crippen LogP contribution < -0.4 is 10.1 Å². The largest absolute Gasteiger partial charge is 0.486 e. The fraction of sp³-hybridized carbons (Fsp3) is 0.0800. The highest BCUT2D eigenvalue weighted by Gasteiger charge is 2.33. The van der Waals surface area contributed by atoms with E-state index < -0.39 is 6.03 Å². The van der Waals surface area contributed by atoms with Crippen molar-refractivity contribution in [2.45, 2.75) is 13.2 Å². The highest BCUT2D eigenvalue weighted by Crippen LogP contribution is 2.36. The number of amides is 3. The second kappa shape index (κ2) is 10.0. The summed E-state index contributed by atoms with van der Waals surface area (Å²) in [5.41, 5.74) is 3.10.